The summed E-state index contributed by atoms with van der Waals surface area (Å²) in [6, 6.07) is 6.02. The fourth-order valence-electron chi connectivity index (χ4n) is 1.95. The largest absolute Gasteiger partial charge is 0.370 e. The number of aryl methyl sites for hydroxylation is 1. The molecule has 0 bridgehead atoms. The van der Waals surface area contributed by atoms with Crippen LogP contribution in [0.2, 0.25) is 0 Å². The van der Waals surface area contributed by atoms with E-state index in [4.69, 9.17) is 0 Å². The molecule has 0 saturated carbocycles. The van der Waals surface area contributed by atoms with Crippen LogP contribution in [0.1, 0.15) is 25.2 Å². The Hall–Kier alpha value is -2.17. The van der Waals surface area contributed by atoms with Crippen LogP contribution in [-0.4, -0.2) is 28.5 Å². The molecule has 20 heavy (non-hydrogen) atoms. The quantitative estimate of drug-likeness (QED) is 0.875. The van der Waals surface area contributed by atoms with Crippen LogP contribution in [0.25, 0.3) is 0 Å². The minimum absolute atomic E-state index is 0.800. The van der Waals surface area contributed by atoms with Crippen molar-refractivity contribution in [2.45, 2.75) is 26.8 Å². The monoisotopic (exact) mass is 271 g/mol. The molecule has 0 aliphatic heterocycles. The van der Waals surface area contributed by atoms with Gasteiger partial charge in [-0.1, -0.05) is 6.92 Å². The van der Waals surface area contributed by atoms with Crippen molar-refractivity contribution < 1.29 is 0 Å². The van der Waals surface area contributed by atoms with E-state index >= 15 is 0 Å². The van der Waals surface area contributed by atoms with Gasteiger partial charge in [-0.25, -0.2) is 9.97 Å². The summed E-state index contributed by atoms with van der Waals surface area (Å²) >= 11 is 0. The average molecular weight is 271 g/mol. The van der Waals surface area contributed by atoms with Gasteiger partial charge in [-0.15, -0.1) is 0 Å². The van der Waals surface area contributed by atoms with E-state index in [-0.39, 0.29) is 0 Å². The maximum Gasteiger partial charge on any atom is 0.134 e. The van der Waals surface area contributed by atoms with Crippen molar-refractivity contribution >= 4 is 11.6 Å². The van der Waals surface area contributed by atoms with Crippen LogP contribution >= 0.6 is 0 Å². The lowest BCUT2D eigenvalue weighted by molar-refractivity contribution is 0.857. The summed E-state index contributed by atoms with van der Waals surface area (Å²) in [4.78, 5) is 15.2. The van der Waals surface area contributed by atoms with Crippen molar-refractivity contribution in [2.24, 2.45) is 0 Å². The summed E-state index contributed by atoms with van der Waals surface area (Å²) < 4.78 is 0. The van der Waals surface area contributed by atoms with Gasteiger partial charge in [0.25, 0.3) is 0 Å². The molecule has 2 aromatic rings. The second kappa shape index (κ2) is 6.84. The first kappa shape index (κ1) is 14.2. The van der Waals surface area contributed by atoms with Gasteiger partial charge >= 0.3 is 0 Å². The van der Waals surface area contributed by atoms with Crippen molar-refractivity contribution in [2.75, 3.05) is 23.8 Å². The zero-order valence-corrected chi connectivity index (χ0v) is 12.3. The van der Waals surface area contributed by atoms with Gasteiger partial charge in [0.2, 0.25) is 0 Å². The molecule has 0 radical (unpaired) electrons. The molecule has 0 aromatic carbocycles. The fourth-order valence-corrected chi connectivity index (χ4v) is 1.95. The molecule has 2 rings (SSSR count). The van der Waals surface area contributed by atoms with Crippen LogP contribution < -0.4 is 10.2 Å². The number of rotatable bonds is 6. The van der Waals surface area contributed by atoms with Crippen LogP contribution in [0.4, 0.5) is 11.6 Å². The molecular formula is C15H21N5. The maximum atomic E-state index is 4.59. The summed E-state index contributed by atoms with van der Waals surface area (Å²) in [6.07, 6.45) is 4.45. The number of pyridine rings is 1. The molecule has 2 heterocycles. The van der Waals surface area contributed by atoms with Crippen LogP contribution in [0.3, 0.4) is 0 Å². The van der Waals surface area contributed by atoms with Gasteiger partial charge in [-0.3, -0.25) is 4.98 Å². The van der Waals surface area contributed by atoms with E-state index in [1.165, 1.54) is 5.56 Å². The molecule has 0 unspecified atom stereocenters. The van der Waals surface area contributed by atoms with Crippen molar-refractivity contribution in [1.29, 1.82) is 0 Å². The second-order valence-electron chi connectivity index (χ2n) is 4.62. The Morgan fingerprint density at radius 1 is 1.15 bits per heavy atom. The highest BCUT2D eigenvalue weighted by Gasteiger charge is 2.08. The molecule has 0 aliphatic carbocycles. The zero-order chi connectivity index (χ0) is 14.4. The molecule has 0 spiro atoms. The number of aromatic nitrogens is 3. The van der Waals surface area contributed by atoms with E-state index in [9.17, 15) is 0 Å². The molecular weight excluding hydrogens is 250 g/mol. The van der Waals surface area contributed by atoms with E-state index < -0.39 is 0 Å². The number of nitrogens with zero attached hydrogens (tertiary/aromatic N) is 4. The molecule has 0 saturated heterocycles. The van der Waals surface area contributed by atoms with E-state index in [0.717, 1.165) is 37.0 Å². The molecule has 1 N–H and O–H groups in total. The van der Waals surface area contributed by atoms with Gasteiger partial charge in [-0.2, -0.15) is 0 Å². The molecule has 106 valence electrons. The minimum Gasteiger partial charge on any atom is -0.370 e. The van der Waals surface area contributed by atoms with E-state index in [1.54, 1.807) is 0 Å². The zero-order valence-electron chi connectivity index (χ0n) is 12.3. The Kier molecular flexibility index (Phi) is 4.87. The molecule has 5 heteroatoms. The third kappa shape index (κ3) is 3.66. The molecule has 0 atom stereocenters. The third-order valence-electron chi connectivity index (χ3n) is 2.99. The van der Waals surface area contributed by atoms with Crippen molar-refractivity contribution in [3.8, 4) is 0 Å². The third-order valence-corrected chi connectivity index (χ3v) is 2.99. The van der Waals surface area contributed by atoms with Crippen molar-refractivity contribution in [1.82, 2.24) is 15.0 Å². The number of hydrogen-bond acceptors (Lipinski definition) is 5. The highest BCUT2D eigenvalue weighted by Crippen LogP contribution is 2.17. The van der Waals surface area contributed by atoms with Gasteiger partial charge in [0.05, 0.1) is 0 Å². The lowest BCUT2D eigenvalue weighted by atomic mass is 10.2. The molecule has 2 aromatic heterocycles. The first-order valence-electron chi connectivity index (χ1n) is 6.94. The predicted octanol–water partition coefficient (Wildman–Crippen LogP) is 2.50. The molecule has 0 aliphatic rings. The van der Waals surface area contributed by atoms with Crippen LogP contribution in [0.5, 0.6) is 0 Å². The SMILES string of the molecule is CCNc1cc(N(C)Cc2ccncc2)nc(CC)n1. The normalized spacial score (nSPS) is 10.3. The average Bonchev–Trinajstić information content (AvgIpc) is 2.48. The first-order chi connectivity index (χ1) is 9.72. The van der Waals surface area contributed by atoms with E-state index in [1.807, 2.05) is 37.6 Å². The maximum absolute atomic E-state index is 4.59. The summed E-state index contributed by atoms with van der Waals surface area (Å²) in [5.74, 6) is 2.68. The Morgan fingerprint density at radius 3 is 2.55 bits per heavy atom. The molecule has 0 amide bonds. The summed E-state index contributed by atoms with van der Waals surface area (Å²) in [7, 11) is 2.04. The Balaban J connectivity index is 2.19. The van der Waals surface area contributed by atoms with Crippen molar-refractivity contribution in [3.05, 3.63) is 42.0 Å². The predicted molar refractivity (Wildman–Crippen MR) is 81.9 cm³/mol. The highest BCUT2D eigenvalue weighted by atomic mass is 15.2. The number of nitrogens with one attached hydrogen (secondary N) is 1. The Labute approximate surface area is 120 Å². The Bertz CT molecular complexity index is 541. The van der Waals surface area contributed by atoms with Gasteiger partial charge < -0.3 is 10.2 Å². The van der Waals surface area contributed by atoms with Crippen molar-refractivity contribution in [3.63, 3.8) is 0 Å². The lowest BCUT2D eigenvalue weighted by Gasteiger charge is -2.19. The number of hydrogen-bond donors (Lipinski definition) is 1. The summed E-state index contributed by atoms with van der Waals surface area (Å²) in [5.41, 5.74) is 1.21. The minimum atomic E-state index is 0.800. The second-order valence-corrected chi connectivity index (χ2v) is 4.62. The molecule has 5 nitrogen and oxygen atoms in total. The summed E-state index contributed by atoms with van der Waals surface area (Å²) in [5, 5.41) is 3.25. The van der Waals surface area contributed by atoms with E-state index in [0.29, 0.717) is 0 Å². The van der Waals surface area contributed by atoms with Crippen LogP contribution in [0.15, 0.2) is 30.6 Å². The summed E-state index contributed by atoms with van der Waals surface area (Å²) in [6.45, 7) is 5.79. The topological polar surface area (TPSA) is 53.9 Å². The van der Waals surface area contributed by atoms with Crippen LogP contribution in [-0.2, 0) is 13.0 Å². The Morgan fingerprint density at radius 2 is 1.90 bits per heavy atom. The highest BCUT2D eigenvalue weighted by molar-refractivity contribution is 5.49. The van der Waals surface area contributed by atoms with Gasteiger partial charge in [-0.05, 0) is 24.6 Å². The number of anilines is 2. The molecule has 0 fully saturated rings. The smallest absolute Gasteiger partial charge is 0.134 e. The van der Waals surface area contributed by atoms with Crippen LogP contribution in [0, 0.1) is 0 Å². The van der Waals surface area contributed by atoms with E-state index in [2.05, 4.69) is 39.0 Å². The first-order valence-corrected chi connectivity index (χ1v) is 6.94. The lowest BCUT2D eigenvalue weighted by Crippen LogP contribution is -2.19. The van der Waals surface area contributed by atoms with Gasteiger partial charge in [0.15, 0.2) is 0 Å². The standard InChI is InChI=1S/C15H21N5/c1-4-13-18-14(17-5-2)10-15(19-13)20(3)11-12-6-8-16-9-7-12/h6-10H,4-5,11H2,1-3H3,(H,17,18,19). The van der Waals surface area contributed by atoms with Gasteiger partial charge in [0, 0.05) is 45.0 Å². The fraction of sp³-hybridized carbons (Fsp3) is 0.400. The van der Waals surface area contributed by atoms with Gasteiger partial charge in [0.1, 0.15) is 17.5 Å².